The van der Waals surface area contributed by atoms with Crippen LogP contribution in [0.5, 0.6) is 5.75 Å². The van der Waals surface area contributed by atoms with E-state index >= 15 is 0 Å². The predicted molar refractivity (Wildman–Crippen MR) is 107 cm³/mol. The summed E-state index contributed by atoms with van der Waals surface area (Å²) in [6, 6.07) is 11.6. The molecule has 0 heterocycles. The number of methoxy groups -OCH3 is 1. The lowest BCUT2D eigenvalue weighted by Crippen LogP contribution is -2.17. The van der Waals surface area contributed by atoms with Crippen molar-refractivity contribution < 1.29 is 17.9 Å². The first-order chi connectivity index (χ1) is 12.9. The lowest BCUT2D eigenvalue weighted by molar-refractivity contribution is -0.116. The van der Waals surface area contributed by atoms with Crippen molar-refractivity contribution in [3.05, 3.63) is 48.0 Å². The molecule has 0 bridgehead atoms. The van der Waals surface area contributed by atoms with Crippen molar-refractivity contribution >= 4 is 27.3 Å². The standard InChI is InChI=1S/C19H25N3O4S/c1-14-10-11-15(21-19(23)9-6-12-20-2)13-18(14)27(24,25)22-16-7-4-5-8-17(16)26-3/h4-5,7-8,10-11,13,20,22H,6,9,12H2,1-3H3,(H,21,23). The van der Waals surface area contributed by atoms with Gasteiger partial charge in [0.25, 0.3) is 10.0 Å². The van der Waals surface area contributed by atoms with Gasteiger partial charge in [0.2, 0.25) is 5.91 Å². The minimum atomic E-state index is -3.85. The van der Waals surface area contributed by atoms with Gasteiger partial charge in [0.1, 0.15) is 5.75 Å². The smallest absolute Gasteiger partial charge is 0.262 e. The molecule has 0 fully saturated rings. The van der Waals surface area contributed by atoms with Crippen LogP contribution in [0.15, 0.2) is 47.4 Å². The van der Waals surface area contributed by atoms with E-state index in [1.54, 1.807) is 43.3 Å². The van der Waals surface area contributed by atoms with E-state index in [0.29, 0.717) is 35.5 Å². The second kappa shape index (κ2) is 9.38. The highest BCUT2D eigenvalue weighted by Crippen LogP contribution is 2.28. The molecule has 2 rings (SSSR count). The first-order valence-corrected chi connectivity index (χ1v) is 10.1. The maximum absolute atomic E-state index is 12.9. The molecule has 0 atom stereocenters. The Bertz CT molecular complexity index is 898. The fraction of sp³-hybridized carbons (Fsp3) is 0.316. The maximum Gasteiger partial charge on any atom is 0.262 e. The molecule has 0 radical (unpaired) electrons. The summed E-state index contributed by atoms with van der Waals surface area (Å²) in [5.74, 6) is 0.267. The van der Waals surface area contributed by atoms with E-state index in [4.69, 9.17) is 4.74 Å². The molecule has 7 nitrogen and oxygen atoms in total. The first kappa shape index (κ1) is 20.7. The zero-order valence-electron chi connectivity index (χ0n) is 15.7. The topological polar surface area (TPSA) is 96.5 Å². The van der Waals surface area contributed by atoms with Crippen LogP contribution in [0.1, 0.15) is 18.4 Å². The Morgan fingerprint density at radius 3 is 2.59 bits per heavy atom. The molecule has 146 valence electrons. The molecule has 0 aliphatic rings. The number of rotatable bonds is 9. The Balaban J connectivity index is 2.22. The molecule has 2 aromatic rings. The molecule has 1 amide bonds. The summed E-state index contributed by atoms with van der Waals surface area (Å²) in [6.45, 7) is 2.44. The summed E-state index contributed by atoms with van der Waals surface area (Å²) in [4.78, 5) is 12.1. The van der Waals surface area contributed by atoms with Crippen molar-refractivity contribution in [2.45, 2.75) is 24.7 Å². The first-order valence-electron chi connectivity index (χ1n) is 8.58. The Labute approximate surface area is 160 Å². The maximum atomic E-state index is 12.9. The van der Waals surface area contributed by atoms with E-state index in [0.717, 1.165) is 6.54 Å². The highest BCUT2D eigenvalue weighted by atomic mass is 32.2. The summed E-state index contributed by atoms with van der Waals surface area (Å²) in [7, 11) is -0.549. The van der Waals surface area contributed by atoms with E-state index in [1.807, 2.05) is 7.05 Å². The number of para-hydroxylation sites is 2. The monoisotopic (exact) mass is 391 g/mol. The van der Waals surface area contributed by atoms with Crippen LogP contribution in [-0.2, 0) is 14.8 Å². The zero-order valence-corrected chi connectivity index (χ0v) is 16.5. The quantitative estimate of drug-likeness (QED) is 0.571. The van der Waals surface area contributed by atoms with Crippen LogP contribution in [-0.4, -0.2) is 35.0 Å². The summed E-state index contributed by atoms with van der Waals surface area (Å²) in [5, 5.41) is 5.72. The second-order valence-corrected chi connectivity index (χ2v) is 7.69. The van der Waals surface area contributed by atoms with Crippen molar-refractivity contribution in [3.8, 4) is 5.75 Å². The molecule has 27 heavy (non-hydrogen) atoms. The average Bonchev–Trinajstić information content (AvgIpc) is 2.63. The molecule has 0 aromatic heterocycles. The number of carbonyl (C=O) groups excluding carboxylic acids is 1. The van der Waals surface area contributed by atoms with Gasteiger partial charge < -0.3 is 15.4 Å². The van der Waals surface area contributed by atoms with Crippen molar-refractivity contribution in [1.82, 2.24) is 5.32 Å². The molecular formula is C19H25N3O4S. The van der Waals surface area contributed by atoms with Gasteiger partial charge in [-0.3, -0.25) is 9.52 Å². The van der Waals surface area contributed by atoms with Gasteiger partial charge in [-0.05, 0) is 56.8 Å². The molecule has 8 heteroatoms. The van der Waals surface area contributed by atoms with Gasteiger partial charge >= 0.3 is 0 Å². The van der Waals surface area contributed by atoms with Gasteiger partial charge in [0.15, 0.2) is 0 Å². The number of carbonyl (C=O) groups is 1. The second-order valence-electron chi connectivity index (χ2n) is 6.04. The third kappa shape index (κ3) is 5.70. The van der Waals surface area contributed by atoms with Gasteiger partial charge in [-0.1, -0.05) is 18.2 Å². The molecule has 0 saturated carbocycles. The van der Waals surface area contributed by atoms with Crippen LogP contribution in [0.3, 0.4) is 0 Å². The number of nitrogens with one attached hydrogen (secondary N) is 3. The van der Waals surface area contributed by atoms with Crippen LogP contribution in [0.2, 0.25) is 0 Å². The summed E-state index contributed by atoms with van der Waals surface area (Å²) in [6.07, 6.45) is 1.06. The Kier molecular flexibility index (Phi) is 7.20. The van der Waals surface area contributed by atoms with Crippen molar-refractivity contribution in [1.29, 1.82) is 0 Å². The highest BCUT2D eigenvalue weighted by Gasteiger charge is 2.19. The molecule has 0 spiro atoms. The lowest BCUT2D eigenvalue weighted by atomic mass is 10.2. The van der Waals surface area contributed by atoms with Crippen molar-refractivity contribution in [2.24, 2.45) is 0 Å². The van der Waals surface area contributed by atoms with E-state index in [1.165, 1.54) is 13.2 Å². The van der Waals surface area contributed by atoms with E-state index < -0.39 is 10.0 Å². The van der Waals surface area contributed by atoms with Crippen molar-refractivity contribution in [3.63, 3.8) is 0 Å². The number of amides is 1. The molecule has 0 aliphatic heterocycles. The van der Waals surface area contributed by atoms with Crippen LogP contribution < -0.4 is 20.1 Å². The van der Waals surface area contributed by atoms with Crippen LogP contribution >= 0.6 is 0 Å². The summed E-state index contributed by atoms with van der Waals surface area (Å²) < 4.78 is 33.4. The van der Waals surface area contributed by atoms with Gasteiger partial charge in [0, 0.05) is 12.1 Å². The van der Waals surface area contributed by atoms with Gasteiger partial charge in [-0.25, -0.2) is 8.42 Å². The molecule has 0 unspecified atom stereocenters. The largest absolute Gasteiger partial charge is 0.495 e. The minimum absolute atomic E-state index is 0.0985. The number of benzene rings is 2. The highest BCUT2D eigenvalue weighted by molar-refractivity contribution is 7.92. The molecule has 0 saturated heterocycles. The predicted octanol–water partition coefficient (Wildman–Crippen LogP) is 2.74. The number of anilines is 2. The minimum Gasteiger partial charge on any atom is -0.495 e. The van der Waals surface area contributed by atoms with Crippen LogP contribution in [0.25, 0.3) is 0 Å². The number of hydrogen-bond donors (Lipinski definition) is 3. The Hall–Kier alpha value is -2.58. The molecule has 0 aliphatic carbocycles. The Morgan fingerprint density at radius 2 is 1.89 bits per heavy atom. The number of sulfonamides is 1. The van der Waals surface area contributed by atoms with Crippen molar-refractivity contribution in [2.75, 3.05) is 30.7 Å². The van der Waals surface area contributed by atoms with Gasteiger partial charge in [-0.2, -0.15) is 0 Å². The third-order valence-electron chi connectivity index (χ3n) is 3.94. The average molecular weight is 391 g/mol. The third-order valence-corrected chi connectivity index (χ3v) is 5.45. The summed E-state index contributed by atoms with van der Waals surface area (Å²) >= 11 is 0. The van der Waals surface area contributed by atoms with E-state index in [-0.39, 0.29) is 10.8 Å². The number of hydrogen-bond acceptors (Lipinski definition) is 5. The Morgan fingerprint density at radius 1 is 1.15 bits per heavy atom. The molecule has 3 N–H and O–H groups in total. The normalized spacial score (nSPS) is 11.1. The van der Waals surface area contributed by atoms with Gasteiger partial charge in [0.05, 0.1) is 17.7 Å². The lowest BCUT2D eigenvalue weighted by Gasteiger charge is -2.14. The number of ether oxygens (including phenoxy) is 1. The van der Waals surface area contributed by atoms with E-state index in [9.17, 15) is 13.2 Å². The zero-order chi connectivity index (χ0) is 19.9. The fourth-order valence-corrected chi connectivity index (χ4v) is 3.89. The molecule has 2 aromatic carbocycles. The van der Waals surface area contributed by atoms with E-state index in [2.05, 4.69) is 15.4 Å². The fourth-order valence-electron chi connectivity index (χ4n) is 2.55. The van der Waals surface area contributed by atoms with Gasteiger partial charge in [-0.15, -0.1) is 0 Å². The summed E-state index contributed by atoms with van der Waals surface area (Å²) in [5.41, 5.74) is 1.36. The van der Waals surface area contributed by atoms with Crippen LogP contribution in [0, 0.1) is 6.92 Å². The molecular weight excluding hydrogens is 366 g/mol. The van der Waals surface area contributed by atoms with Crippen LogP contribution in [0.4, 0.5) is 11.4 Å². The SMILES string of the molecule is CNCCCC(=O)Nc1ccc(C)c(S(=O)(=O)Nc2ccccc2OC)c1. The number of aryl methyl sites for hydroxylation is 1.